The molecule has 1 fully saturated rings. The molecular formula is C16H17Cl2N3O2. The molecule has 7 heteroatoms. The molecule has 1 aliphatic rings. The number of anilines is 1. The van der Waals surface area contributed by atoms with Crippen molar-refractivity contribution in [3.05, 3.63) is 28.2 Å². The summed E-state index contributed by atoms with van der Waals surface area (Å²) in [6.07, 6.45) is 2.80. The predicted molar refractivity (Wildman–Crippen MR) is 89.2 cm³/mol. The topological polar surface area (TPSA) is 73.2 Å². The molecule has 1 aliphatic carbocycles. The zero-order valence-corrected chi connectivity index (χ0v) is 14.2. The van der Waals surface area contributed by atoms with Crippen molar-refractivity contribution in [2.24, 2.45) is 5.41 Å². The molecule has 0 spiro atoms. The Bertz CT molecular complexity index is 644. The summed E-state index contributed by atoms with van der Waals surface area (Å²) in [4.78, 5) is 25.9. The summed E-state index contributed by atoms with van der Waals surface area (Å²) < 4.78 is 0. The molecule has 1 N–H and O–H groups in total. The first kappa shape index (κ1) is 17.6. The van der Waals surface area contributed by atoms with E-state index in [1.807, 2.05) is 0 Å². The van der Waals surface area contributed by atoms with Crippen molar-refractivity contribution in [3.63, 3.8) is 0 Å². The zero-order valence-electron chi connectivity index (χ0n) is 12.7. The monoisotopic (exact) mass is 353 g/mol. The number of carbonyl (C=O) groups excluding carboxylic acids is 2. The fourth-order valence-corrected chi connectivity index (χ4v) is 3.29. The molecule has 1 saturated carbocycles. The molecule has 23 heavy (non-hydrogen) atoms. The van der Waals surface area contributed by atoms with Crippen LogP contribution in [0.15, 0.2) is 18.2 Å². The molecule has 5 nitrogen and oxygen atoms in total. The zero-order chi connectivity index (χ0) is 17.0. The number of nitrogens with zero attached hydrogens (tertiary/aromatic N) is 2. The van der Waals surface area contributed by atoms with E-state index in [1.165, 1.54) is 11.9 Å². The molecule has 0 aromatic heterocycles. The van der Waals surface area contributed by atoms with Crippen molar-refractivity contribution in [1.29, 1.82) is 5.26 Å². The first-order valence-corrected chi connectivity index (χ1v) is 8.06. The van der Waals surface area contributed by atoms with Crippen LogP contribution in [0.4, 0.5) is 5.69 Å². The van der Waals surface area contributed by atoms with Crippen molar-refractivity contribution in [3.8, 4) is 6.07 Å². The summed E-state index contributed by atoms with van der Waals surface area (Å²) >= 11 is 12.0. The molecule has 0 saturated heterocycles. The highest BCUT2D eigenvalue weighted by atomic mass is 35.5. The van der Waals surface area contributed by atoms with Crippen molar-refractivity contribution in [2.45, 2.75) is 25.7 Å². The van der Waals surface area contributed by atoms with E-state index >= 15 is 0 Å². The standard InChI is InChI=1S/C16H17Cl2N3O2/c1-21(15(23)16(10-19)7-2-3-8-16)9-13(22)20-14-11(17)5-4-6-12(14)18/h4-6H,2-3,7-9H2,1H3,(H,20,22). The van der Waals surface area contributed by atoms with E-state index in [4.69, 9.17) is 23.2 Å². The van der Waals surface area contributed by atoms with Gasteiger partial charge in [-0.25, -0.2) is 0 Å². The van der Waals surface area contributed by atoms with Gasteiger partial charge in [0.2, 0.25) is 11.8 Å². The molecule has 2 rings (SSSR count). The largest absolute Gasteiger partial charge is 0.335 e. The van der Waals surface area contributed by atoms with E-state index in [1.54, 1.807) is 18.2 Å². The first-order chi connectivity index (χ1) is 10.9. The number of rotatable bonds is 4. The maximum atomic E-state index is 12.5. The summed E-state index contributed by atoms with van der Waals surface area (Å²) in [5, 5.41) is 12.6. The Morgan fingerprint density at radius 2 is 1.87 bits per heavy atom. The molecule has 0 atom stereocenters. The number of carbonyl (C=O) groups is 2. The SMILES string of the molecule is CN(CC(=O)Nc1c(Cl)cccc1Cl)C(=O)C1(C#N)CCCC1. The van der Waals surface area contributed by atoms with Gasteiger partial charge in [0.15, 0.2) is 0 Å². The minimum absolute atomic E-state index is 0.163. The second kappa shape index (κ2) is 7.20. The molecule has 0 radical (unpaired) electrons. The van der Waals surface area contributed by atoms with Gasteiger partial charge in [-0.05, 0) is 25.0 Å². The highest BCUT2D eigenvalue weighted by Gasteiger charge is 2.43. The normalized spacial score (nSPS) is 15.7. The van der Waals surface area contributed by atoms with Gasteiger partial charge in [0, 0.05) is 7.05 Å². The minimum Gasteiger partial charge on any atom is -0.335 e. The first-order valence-electron chi connectivity index (χ1n) is 7.30. The van der Waals surface area contributed by atoms with Crippen LogP contribution in [0.25, 0.3) is 0 Å². The maximum Gasteiger partial charge on any atom is 0.244 e. The van der Waals surface area contributed by atoms with E-state index < -0.39 is 11.3 Å². The van der Waals surface area contributed by atoms with Crippen LogP contribution in [0.2, 0.25) is 10.0 Å². The predicted octanol–water partition coefficient (Wildman–Crippen LogP) is 3.47. The molecule has 1 aromatic carbocycles. The number of amides is 2. The second-order valence-corrected chi connectivity index (χ2v) is 6.52. The Morgan fingerprint density at radius 3 is 2.39 bits per heavy atom. The third-order valence-corrected chi connectivity index (χ3v) is 4.67. The summed E-state index contributed by atoms with van der Waals surface area (Å²) in [5.41, 5.74) is -0.672. The second-order valence-electron chi connectivity index (χ2n) is 5.71. The van der Waals surface area contributed by atoms with Gasteiger partial charge in [-0.1, -0.05) is 42.1 Å². The Balaban J connectivity index is 2.03. The highest BCUT2D eigenvalue weighted by molar-refractivity contribution is 6.39. The number of nitriles is 1. The van der Waals surface area contributed by atoms with E-state index in [0.717, 1.165) is 12.8 Å². The third kappa shape index (κ3) is 3.77. The van der Waals surface area contributed by atoms with Crippen LogP contribution in [-0.4, -0.2) is 30.3 Å². The highest BCUT2D eigenvalue weighted by Crippen LogP contribution is 2.39. The number of halogens is 2. The number of nitrogens with one attached hydrogen (secondary N) is 1. The molecular weight excluding hydrogens is 337 g/mol. The van der Waals surface area contributed by atoms with E-state index in [-0.39, 0.29) is 12.5 Å². The van der Waals surface area contributed by atoms with Gasteiger partial charge >= 0.3 is 0 Å². The fraction of sp³-hybridized carbons (Fsp3) is 0.438. The van der Waals surface area contributed by atoms with E-state index in [0.29, 0.717) is 28.6 Å². The van der Waals surface area contributed by atoms with Crippen LogP contribution in [0, 0.1) is 16.7 Å². The fourth-order valence-electron chi connectivity index (χ4n) is 2.80. The number of hydrogen-bond donors (Lipinski definition) is 1. The average molecular weight is 354 g/mol. The summed E-state index contributed by atoms with van der Waals surface area (Å²) in [5.74, 6) is -0.722. The van der Waals surface area contributed by atoms with E-state index in [9.17, 15) is 14.9 Å². The van der Waals surface area contributed by atoms with Gasteiger partial charge < -0.3 is 10.2 Å². The van der Waals surface area contributed by atoms with Crippen LogP contribution < -0.4 is 5.32 Å². The molecule has 2 amide bonds. The summed E-state index contributed by atoms with van der Waals surface area (Å²) in [6.45, 7) is -0.163. The lowest BCUT2D eigenvalue weighted by Crippen LogP contribution is -2.43. The van der Waals surface area contributed by atoms with Gasteiger partial charge in [0.25, 0.3) is 0 Å². The number of hydrogen-bond acceptors (Lipinski definition) is 3. The Labute approximate surface area is 145 Å². The van der Waals surface area contributed by atoms with Gasteiger partial charge in [-0.3, -0.25) is 9.59 Å². The number of likely N-dealkylation sites (N-methyl/N-ethyl adjacent to an activating group) is 1. The van der Waals surface area contributed by atoms with Crippen molar-refractivity contribution in [2.75, 3.05) is 18.9 Å². The van der Waals surface area contributed by atoms with Crippen LogP contribution in [-0.2, 0) is 9.59 Å². The maximum absolute atomic E-state index is 12.5. The average Bonchev–Trinajstić information content (AvgIpc) is 3.00. The quantitative estimate of drug-likeness (QED) is 0.900. The molecule has 122 valence electrons. The van der Waals surface area contributed by atoms with Gasteiger partial charge in [0.1, 0.15) is 5.41 Å². The Hall–Kier alpha value is -1.77. The van der Waals surface area contributed by atoms with Crippen molar-refractivity contribution < 1.29 is 9.59 Å². The lowest BCUT2D eigenvalue weighted by molar-refractivity contribution is -0.139. The smallest absolute Gasteiger partial charge is 0.244 e. The minimum atomic E-state index is -0.989. The Morgan fingerprint density at radius 1 is 1.30 bits per heavy atom. The van der Waals surface area contributed by atoms with Gasteiger partial charge in [-0.2, -0.15) is 5.26 Å². The Kier molecular flexibility index (Phi) is 5.51. The van der Waals surface area contributed by atoms with Crippen molar-refractivity contribution >= 4 is 40.7 Å². The molecule has 0 bridgehead atoms. The van der Waals surface area contributed by atoms with Crippen LogP contribution in [0.5, 0.6) is 0 Å². The van der Waals surface area contributed by atoms with Crippen LogP contribution >= 0.6 is 23.2 Å². The number of para-hydroxylation sites is 1. The third-order valence-electron chi connectivity index (χ3n) is 4.04. The van der Waals surface area contributed by atoms with Gasteiger partial charge in [0.05, 0.1) is 28.3 Å². The number of benzene rings is 1. The molecule has 1 aromatic rings. The molecule has 0 unspecified atom stereocenters. The van der Waals surface area contributed by atoms with Crippen LogP contribution in [0.1, 0.15) is 25.7 Å². The summed E-state index contributed by atoms with van der Waals surface area (Å²) in [7, 11) is 1.52. The van der Waals surface area contributed by atoms with Crippen molar-refractivity contribution in [1.82, 2.24) is 4.90 Å². The lowest BCUT2D eigenvalue weighted by atomic mass is 9.86. The van der Waals surface area contributed by atoms with Crippen LogP contribution in [0.3, 0.4) is 0 Å². The van der Waals surface area contributed by atoms with E-state index in [2.05, 4.69) is 11.4 Å². The van der Waals surface area contributed by atoms with Gasteiger partial charge in [-0.15, -0.1) is 0 Å². The molecule has 0 heterocycles. The lowest BCUT2D eigenvalue weighted by Gasteiger charge is -2.26. The molecule has 0 aliphatic heterocycles. The summed E-state index contributed by atoms with van der Waals surface area (Å²) in [6, 6.07) is 7.03.